The standard InChI is InChI=1S/C37H42N4O2/c1-38-23-10-17-35-37(43)41(27-34(30-12-4-2-5-13-30)31-14-6-3-7-15-31)24-22-33(40-35)26-39-36(42)21-19-28-18-20-29-11-8-9-16-32(29)25-28/h2-9,11-16,18-21,25,33-35,38,40H,10,17,22-24,26-27H2,1H3,(H,39,42)/b21-19+. The zero-order chi connectivity index (χ0) is 29.9. The lowest BCUT2D eigenvalue weighted by molar-refractivity contribution is -0.133. The van der Waals surface area contributed by atoms with E-state index in [1.54, 1.807) is 6.08 Å². The molecule has 1 aliphatic rings. The number of carbonyl (C=O) groups excluding carboxylic acids is 2. The Kier molecular flexibility index (Phi) is 10.7. The van der Waals surface area contributed by atoms with Crippen molar-refractivity contribution >= 4 is 28.7 Å². The molecule has 2 amide bonds. The van der Waals surface area contributed by atoms with Crippen molar-refractivity contribution in [3.63, 3.8) is 0 Å². The Balaban J connectivity index is 1.25. The van der Waals surface area contributed by atoms with Crippen molar-refractivity contribution in [3.05, 3.63) is 126 Å². The molecule has 4 aromatic carbocycles. The molecule has 1 heterocycles. The number of hydrogen-bond donors (Lipinski definition) is 3. The SMILES string of the molecule is CNCCCC1NC(CNC(=O)/C=C/c2ccc3ccccc3c2)CCN(CC(c2ccccc2)c2ccccc2)C1=O. The first-order chi connectivity index (χ1) is 21.1. The van der Waals surface area contributed by atoms with E-state index in [0.29, 0.717) is 19.6 Å². The van der Waals surface area contributed by atoms with Crippen molar-refractivity contribution < 1.29 is 9.59 Å². The van der Waals surface area contributed by atoms with E-state index in [9.17, 15) is 9.59 Å². The van der Waals surface area contributed by atoms with Gasteiger partial charge in [0.1, 0.15) is 0 Å². The topological polar surface area (TPSA) is 73.5 Å². The molecule has 0 spiro atoms. The van der Waals surface area contributed by atoms with Gasteiger partial charge in [-0.25, -0.2) is 0 Å². The van der Waals surface area contributed by atoms with Crippen LogP contribution in [-0.2, 0) is 9.59 Å². The molecule has 222 valence electrons. The third-order valence-corrected chi connectivity index (χ3v) is 8.24. The summed E-state index contributed by atoms with van der Waals surface area (Å²) >= 11 is 0. The fraction of sp³-hybridized carbons (Fsp3) is 0.297. The highest BCUT2D eigenvalue weighted by Crippen LogP contribution is 2.27. The molecule has 6 nitrogen and oxygen atoms in total. The lowest BCUT2D eigenvalue weighted by Gasteiger charge is -2.29. The van der Waals surface area contributed by atoms with E-state index in [2.05, 4.69) is 88.7 Å². The van der Waals surface area contributed by atoms with Crippen LogP contribution < -0.4 is 16.0 Å². The van der Waals surface area contributed by atoms with Crippen LogP contribution >= 0.6 is 0 Å². The molecule has 0 radical (unpaired) electrons. The molecular weight excluding hydrogens is 532 g/mol. The largest absolute Gasteiger partial charge is 0.351 e. The van der Waals surface area contributed by atoms with Gasteiger partial charge in [0.2, 0.25) is 11.8 Å². The summed E-state index contributed by atoms with van der Waals surface area (Å²) in [5.41, 5.74) is 3.39. The highest BCUT2D eigenvalue weighted by Gasteiger charge is 2.32. The molecule has 3 N–H and O–H groups in total. The normalized spacial score (nSPS) is 17.4. The van der Waals surface area contributed by atoms with Crippen molar-refractivity contribution in [1.82, 2.24) is 20.9 Å². The summed E-state index contributed by atoms with van der Waals surface area (Å²) in [5.74, 6) is 0.0844. The van der Waals surface area contributed by atoms with E-state index < -0.39 is 0 Å². The third kappa shape index (κ3) is 8.40. The molecule has 2 unspecified atom stereocenters. The number of benzene rings is 4. The van der Waals surface area contributed by atoms with Crippen LogP contribution in [0.5, 0.6) is 0 Å². The maximum Gasteiger partial charge on any atom is 0.244 e. The van der Waals surface area contributed by atoms with E-state index in [0.717, 1.165) is 36.8 Å². The molecular formula is C37H42N4O2. The first kappa shape index (κ1) is 30.2. The minimum atomic E-state index is -0.293. The summed E-state index contributed by atoms with van der Waals surface area (Å²) in [6, 6.07) is 35.0. The summed E-state index contributed by atoms with van der Waals surface area (Å²) < 4.78 is 0. The molecule has 1 aliphatic heterocycles. The first-order valence-electron chi connectivity index (χ1n) is 15.3. The van der Waals surface area contributed by atoms with Gasteiger partial charge in [-0.05, 0) is 72.5 Å². The Morgan fingerprint density at radius 3 is 2.30 bits per heavy atom. The predicted molar refractivity (Wildman–Crippen MR) is 176 cm³/mol. The number of rotatable bonds is 12. The van der Waals surface area contributed by atoms with Crippen LogP contribution in [0.3, 0.4) is 0 Å². The van der Waals surface area contributed by atoms with E-state index >= 15 is 0 Å². The number of nitrogens with zero attached hydrogens (tertiary/aromatic N) is 1. The van der Waals surface area contributed by atoms with Crippen LogP contribution in [0, 0.1) is 0 Å². The molecule has 0 bridgehead atoms. The maximum atomic E-state index is 13.9. The Hall–Kier alpha value is -4.26. The molecule has 6 heteroatoms. The predicted octanol–water partition coefficient (Wildman–Crippen LogP) is 5.36. The average Bonchev–Trinajstić information content (AvgIpc) is 3.20. The van der Waals surface area contributed by atoms with Gasteiger partial charge in [0, 0.05) is 37.7 Å². The summed E-state index contributed by atoms with van der Waals surface area (Å²) in [6.07, 6.45) is 5.83. The number of hydrogen-bond acceptors (Lipinski definition) is 4. The first-order valence-corrected chi connectivity index (χ1v) is 15.3. The van der Waals surface area contributed by atoms with E-state index in [1.165, 1.54) is 16.5 Å². The Labute approximate surface area is 255 Å². The highest BCUT2D eigenvalue weighted by atomic mass is 16.2. The van der Waals surface area contributed by atoms with Gasteiger partial charge in [0.05, 0.1) is 6.04 Å². The Morgan fingerprint density at radius 2 is 1.60 bits per heavy atom. The van der Waals surface area contributed by atoms with Gasteiger partial charge in [-0.15, -0.1) is 0 Å². The van der Waals surface area contributed by atoms with Gasteiger partial charge in [-0.3, -0.25) is 9.59 Å². The van der Waals surface area contributed by atoms with Gasteiger partial charge in [-0.2, -0.15) is 0 Å². The second kappa shape index (κ2) is 15.3. The molecule has 43 heavy (non-hydrogen) atoms. The van der Waals surface area contributed by atoms with E-state index in [1.807, 2.05) is 48.4 Å². The summed E-state index contributed by atoms with van der Waals surface area (Å²) in [4.78, 5) is 28.7. The minimum Gasteiger partial charge on any atom is -0.351 e. The van der Waals surface area contributed by atoms with E-state index in [-0.39, 0.29) is 29.8 Å². The van der Waals surface area contributed by atoms with Crippen LogP contribution in [0.1, 0.15) is 41.9 Å². The lowest BCUT2D eigenvalue weighted by Crippen LogP contribution is -2.49. The monoisotopic (exact) mass is 574 g/mol. The van der Waals surface area contributed by atoms with Crippen LogP contribution in [0.25, 0.3) is 16.8 Å². The van der Waals surface area contributed by atoms with Gasteiger partial charge in [-0.1, -0.05) is 97.1 Å². The lowest BCUT2D eigenvalue weighted by atomic mass is 9.90. The van der Waals surface area contributed by atoms with Crippen LogP contribution in [0.15, 0.2) is 109 Å². The fourth-order valence-electron chi connectivity index (χ4n) is 5.87. The number of amides is 2. The fourth-order valence-corrected chi connectivity index (χ4v) is 5.87. The van der Waals surface area contributed by atoms with Crippen molar-refractivity contribution in [2.45, 2.75) is 37.3 Å². The second-order valence-electron chi connectivity index (χ2n) is 11.3. The molecule has 1 fully saturated rings. The molecule has 0 aliphatic carbocycles. The third-order valence-electron chi connectivity index (χ3n) is 8.24. The molecule has 4 aromatic rings. The van der Waals surface area contributed by atoms with Crippen molar-refractivity contribution in [2.24, 2.45) is 0 Å². The van der Waals surface area contributed by atoms with Gasteiger partial charge in [0.25, 0.3) is 0 Å². The number of fused-ring (bicyclic) bond motifs is 1. The Bertz CT molecular complexity index is 1470. The average molecular weight is 575 g/mol. The van der Waals surface area contributed by atoms with Gasteiger partial charge >= 0.3 is 0 Å². The van der Waals surface area contributed by atoms with Crippen LogP contribution in [-0.4, -0.2) is 62.0 Å². The quantitative estimate of drug-likeness (QED) is 0.157. The van der Waals surface area contributed by atoms with Crippen molar-refractivity contribution in [3.8, 4) is 0 Å². The molecule has 2 atom stereocenters. The highest BCUT2D eigenvalue weighted by molar-refractivity contribution is 5.93. The maximum absolute atomic E-state index is 13.9. The molecule has 0 saturated carbocycles. The molecule has 0 aromatic heterocycles. The van der Waals surface area contributed by atoms with Crippen LogP contribution in [0.2, 0.25) is 0 Å². The van der Waals surface area contributed by atoms with Crippen molar-refractivity contribution in [1.29, 1.82) is 0 Å². The van der Waals surface area contributed by atoms with Crippen LogP contribution in [0.4, 0.5) is 0 Å². The minimum absolute atomic E-state index is 0.00143. The number of nitrogens with one attached hydrogen (secondary N) is 3. The zero-order valence-corrected chi connectivity index (χ0v) is 24.9. The van der Waals surface area contributed by atoms with Gasteiger partial charge < -0.3 is 20.9 Å². The summed E-state index contributed by atoms with van der Waals surface area (Å²) in [7, 11) is 1.93. The van der Waals surface area contributed by atoms with E-state index in [4.69, 9.17) is 0 Å². The molecule has 5 rings (SSSR count). The van der Waals surface area contributed by atoms with Crippen molar-refractivity contribution in [2.75, 3.05) is 33.2 Å². The number of carbonyl (C=O) groups is 2. The Morgan fingerprint density at radius 1 is 0.930 bits per heavy atom. The zero-order valence-electron chi connectivity index (χ0n) is 24.9. The smallest absolute Gasteiger partial charge is 0.244 e. The molecule has 1 saturated heterocycles. The summed E-state index contributed by atoms with van der Waals surface area (Å²) in [6.45, 7) is 2.57. The summed E-state index contributed by atoms with van der Waals surface area (Å²) in [5, 5.41) is 12.2. The van der Waals surface area contributed by atoms with Gasteiger partial charge in [0.15, 0.2) is 0 Å². The second-order valence-corrected chi connectivity index (χ2v) is 11.3.